The second-order valence-corrected chi connectivity index (χ2v) is 5.86. The lowest BCUT2D eigenvalue weighted by Gasteiger charge is -2.15. The van der Waals surface area contributed by atoms with E-state index in [0.29, 0.717) is 23.0 Å². The number of aliphatic hydroxyl groups excluding tert-OH is 2. The molecule has 1 aliphatic carbocycles. The number of aliphatic hydroxyl groups is 2. The zero-order valence-electron chi connectivity index (χ0n) is 12.1. The van der Waals surface area contributed by atoms with Crippen LogP contribution in [0.25, 0.3) is 11.2 Å². The molecular formula is C13H17FN6O3. The average molecular weight is 324 g/mol. The molecule has 0 bridgehead atoms. The molecule has 4 unspecified atom stereocenters. The van der Waals surface area contributed by atoms with Gasteiger partial charge in [-0.15, -0.1) is 0 Å². The van der Waals surface area contributed by atoms with Gasteiger partial charge in [-0.3, -0.25) is 4.57 Å². The van der Waals surface area contributed by atoms with Gasteiger partial charge in [0.2, 0.25) is 5.95 Å². The number of nitrogens with zero attached hydrogens (tertiary/aromatic N) is 4. The third kappa shape index (κ3) is 2.38. The number of imidazole rings is 1. The van der Waals surface area contributed by atoms with Crippen molar-refractivity contribution >= 4 is 22.9 Å². The normalized spacial score (nSPS) is 30.9. The van der Waals surface area contributed by atoms with Crippen LogP contribution < -0.4 is 11.1 Å². The molecule has 0 aromatic carbocycles. The standard InChI is InChI=1S/C13H17FN6O3/c14-7-9(22)6(3-21)23-12(7)20-4-16-8-10(17-5-1-2-5)18-13(15)19-11(8)20/h4-7,9,12,21-22H,1-3H2,(H3,15,17,18,19). The van der Waals surface area contributed by atoms with Crippen LogP contribution in [0.15, 0.2) is 6.33 Å². The lowest BCUT2D eigenvalue weighted by atomic mass is 10.1. The van der Waals surface area contributed by atoms with E-state index in [2.05, 4.69) is 20.3 Å². The zero-order valence-corrected chi connectivity index (χ0v) is 12.1. The summed E-state index contributed by atoms with van der Waals surface area (Å²) in [7, 11) is 0. The van der Waals surface area contributed by atoms with Gasteiger partial charge in [-0.1, -0.05) is 0 Å². The molecule has 1 saturated carbocycles. The maximum atomic E-state index is 14.3. The Hall–Kier alpha value is -2.04. The molecule has 0 spiro atoms. The van der Waals surface area contributed by atoms with Crippen LogP contribution in [-0.4, -0.2) is 60.8 Å². The molecule has 2 aromatic heterocycles. The molecule has 23 heavy (non-hydrogen) atoms. The molecule has 9 nitrogen and oxygen atoms in total. The van der Waals surface area contributed by atoms with Gasteiger partial charge in [-0.2, -0.15) is 9.97 Å². The van der Waals surface area contributed by atoms with E-state index in [0.717, 1.165) is 12.8 Å². The Bertz CT molecular complexity index is 736. The fourth-order valence-corrected chi connectivity index (χ4v) is 2.72. The highest BCUT2D eigenvalue weighted by molar-refractivity contribution is 5.84. The molecule has 1 aliphatic heterocycles. The summed E-state index contributed by atoms with van der Waals surface area (Å²) in [5, 5.41) is 22.1. The molecule has 4 atom stereocenters. The van der Waals surface area contributed by atoms with E-state index in [9.17, 15) is 9.50 Å². The van der Waals surface area contributed by atoms with Crippen molar-refractivity contribution in [1.29, 1.82) is 0 Å². The summed E-state index contributed by atoms with van der Waals surface area (Å²) in [6, 6.07) is 0.342. The number of rotatable bonds is 4. The number of hydrogen-bond donors (Lipinski definition) is 4. The van der Waals surface area contributed by atoms with E-state index in [1.54, 1.807) is 0 Å². The Morgan fingerprint density at radius 1 is 1.43 bits per heavy atom. The van der Waals surface area contributed by atoms with Crippen molar-refractivity contribution in [3.05, 3.63) is 6.33 Å². The lowest BCUT2D eigenvalue weighted by Crippen LogP contribution is -2.30. The van der Waals surface area contributed by atoms with Gasteiger partial charge in [0.1, 0.15) is 12.2 Å². The van der Waals surface area contributed by atoms with Gasteiger partial charge in [-0.25, -0.2) is 9.37 Å². The Kier molecular flexibility index (Phi) is 3.32. The number of ether oxygens (including phenoxy) is 1. The smallest absolute Gasteiger partial charge is 0.224 e. The molecule has 124 valence electrons. The third-order valence-corrected chi connectivity index (χ3v) is 4.10. The number of anilines is 2. The van der Waals surface area contributed by atoms with E-state index < -0.39 is 31.2 Å². The van der Waals surface area contributed by atoms with Gasteiger partial charge in [-0.05, 0) is 12.8 Å². The molecular weight excluding hydrogens is 307 g/mol. The van der Waals surface area contributed by atoms with Crippen molar-refractivity contribution in [3.63, 3.8) is 0 Å². The molecule has 10 heteroatoms. The van der Waals surface area contributed by atoms with Gasteiger partial charge in [0.05, 0.1) is 12.9 Å². The molecule has 0 amide bonds. The van der Waals surface area contributed by atoms with Crippen molar-refractivity contribution in [2.75, 3.05) is 17.7 Å². The molecule has 3 heterocycles. The van der Waals surface area contributed by atoms with Crippen LogP contribution in [0.2, 0.25) is 0 Å². The summed E-state index contributed by atoms with van der Waals surface area (Å²) in [6.45, 7) is -0.476. The molecule has 1 saturated heterocycles. The van der Waals surface area contributed by atoms with Crippen molar-refractivity contribution in [2.45, 2.75) is 43.5 Å². The van der Waals surface area contributed by atoms with Crippen LogP contribution in [0.5, 0.6) is 0 Å². The number of hydrogen-bond acceptors (Lipinski definition) is 8. The summed E-state index contributed by atoms with van der Waals surface area (Å²) in [4.78, 5) is 12.5. The summed E-state index contributed by atoms with van der Waals surface area (Å²) in [5.74, 6) is 0.538. The fourth-order valence-electron chi connectivity index (χ4n) is 2.72. The average Bonchev–Trinajstić information content (AvgIpc) is 3.17. The Morgan fingerprint density at radius 2 is 2.22 bits per heavy atom. The molecule has 2 aliphatic rings. The topological polar surface area (TPSA) is 131 Å². The predicted octanol–water partition coefficient (Wildman–Crippen LogP) is -0.429. The minimum Gasteiger partial charge on any atom is -0.394 e. The number of halogens is 1. The molecule has 2 fully saturated rings. The van der Waals surface area contributed by atoms with Crippen LogP contribution in [0.3, 0.4) is 0 Å². The SMILES string of the molecule is Nc1nc(NC2CC2)c2ncn(C3OC(CO)C(O)C3F)c2n1. The van der Waals surface area contributed by atoms with Crippen LogP contribution in [0, 0.1) is 0 Å². The Balaban J connectivity index is 1.74. The zero-order chi connectivity index (χ0) is 16.1. The third-order valence-electron chi connectivity index (χ3n) is 4.10. The molecule has 2 aromatic rings. The van der Waals surface area contributed by atoms with E-state index in [4.69, 9.17) is 15.6 Å². The van der Waals surface area contributed by atoms with Gasteiger partial charge >= 0.3 is 0 Å². The molecule has 5 N–H and O–H groups in total. The van der Waals surface area contributed by atoms with Crippen molar-refractivity contribution in [1.82, 2.24) is 19.5 Å². The quantitative estimate of drug-likeness (QED) is 0.596. The largest absolute Gasteiger partial charge is 0.394 e. The first-order chi connectivity index (χ1) is 11.1. The lowest BCUT2D eigenvalue weighted by molar-refractivity contribution is -0.0459. The molecule has 4 rings (SSSR count). The minimum absolute atomic E-state index is 0.0371. The number of nitrogens with one attached hydrogen (secondary N) is 1. The number of aromatic nitrogens is 4. The summed E-state index contributed by atoms with van der Waals surface area (Å²) < 4.78 is 21.1. The number of alkyl halides is 1. The second kappa shape index (κ2) is 5.25. The van der Waals surface area contributed by atoms with Crippen LogP contribution in [-0.2, 0) is 4.74 Å². The highest BCUT2D eigenvalue weighted by Gasteiger charge is 2.45. The van der Waals surface area contributed by atoms with Crippen molar-refractivity contribution in [3.8, 4) is 0 Å². The highest BCUT2D eigenvalue weighted by Crippen LogP contribution is 2.35. The van der Waals surface area contributed by atoms with E-state index in [1.165, 1.54) is 10.9 Å². The number of nitrogens with two attached hydrogens (primary N) is 1. The van der Waals surface area contributed by atoms with Gasteiger partial charge in [0.25, 0.3) is 0 Å². The van der Waals surface area contributed by atoms with Crippen LogP contribution in [0.1, 0.15) is 19.1 Å². The fraction of sp³-hybridized carbons (Fsp3) is 0.615. The monoisotopic (exact) mass is 324 g/mol. The first-order valence-corrected chi connectivity index (χ1v) is 7.43. The van der Waals surface area contributed by atoms with E-state index in [-0.39, 0.29) is 5.95 Å². The summed E-state index contributed by atoms with van der Waals surface area (Å²) in [6.07, 6.45) is -1.76. The van der Waals surface area contributed by atoms with Crippen LogP contribution >= 0.6 is 0 Å². The van der Waals surface area contributed by atoms with Crippen LogP contribution in [0.4, 0.5) is 16.2 Å². The van der Waals surface area contributed by atoms with Crippen molar-refractivity contribution in [2.24, 2.45) is 0 Å². The first-order valence-electron chi connectivity index (χ1n) is 7.43. The maximum absolute atomic E-state index is 14.3. The van der Waals surface area contributed by atoms with E-state index >= 15 is 0 Å². The Morgan fingerprint density at radius 3 is 2.87 bits per heavy atom. The summed E-state index contributed by atoms with van der Waals surface area (Å²) >= 11 is 0. The Labute approximate surface area is 130 Å². The minimum atomic E-state index is -1.71. The van der Waals surface area contributed by atoms with Crippen molar-refractivity contribution < 1.29 is 19.3 Å². The highest BCUT2D eigenvalue weighted by atomic mass is 19.1. The van der Waals surface area contributed by atoms with Gasteiger partial charge < -0.3 is 26.0 Å². The van der Waals surface area contributed by atoms with Gasteiger partial charge in [0.15, 0.2) is 29.4 Å². The van der Waals surface area contributed by atoms with Gasteiger partial charge in [0, 0.05) is 6.04 Å². The first kappa shape index (κ1) is 14.5. The maximum Gasteiger partial charge on any atom is 0.224 e. The second-order valence-electron chi connectivity index (χ2n) is 5.86. The predicted molar refractivity (Wildman–Crippen MR) is 78.3 cm³/mol. The number of nitrogen functional groups attached to an aromatic ring is 1. The number of fused-ring (bicyclic) bond motifs is 1. The summed E-state index contributed by atoms with van der Waals surface area (Å²) in [5.41, 5.74) is 6.52. The van der Waals surface area contributed by atoms with E-state index in [1.807, 2.05) is 0 Å². The molecule has 0 radical (unpaired) electrons.